The molecule has 0 unspecified atom stereocenters. The summed E-state index contributed by atoms with van der Waals surface area (Å²) >= 11 is 5.86. The van der Waals surface area contributed by atoms with Gasteiger partial charge in [0.25, 0.3) is 0 Å². The van der Waals surface area contributed by atoms with Crippen molar-refractivity contribution in [3.05, 3.63) is 22.8 Å². The van der Waals surface area contributed by atoms with Crippen LogP contribution < -0.4 is 11.5 Å². The number of aromatic nitrogens is 1. The van der Waals surface area contributed by atoms with Gasteiger partial charge in [0.2, 0.25) is 0 Å². The summed E-state index contributed by atoms with van der Waals surface area (Å²) in [6.45, 7) is 0. The largest absolute Gasteiger partial charge is 0.481 e. The highest BCUT2D eigenvalue weighted by molar-refractivity contribution is 6.32. The highest BCUT2D eigenvalue weighted by Gasteiger charge is 2.04. The SMILES string of the molecule is NC(N)=Nc1ncc(CCC(=O)O)cc1Cl. The number of nitrogens with zero attached hydrogens (tertiary/aromatic N) is 2. The number of aryl methyl sites for hydroxylation is 1. The van der Waals surface area contributed by atoms with E-state index in [1.807, 2.05) is 0 Å². The molecule has 1 heterocycles. The van der Waals surface area contributed by atoms with Gasteiger partial charge in [-0.1, -0.05) is 11.6 Å². The molecule has 0 saturated heterocycles. The number of carbonyl (C=O) groups is 1. The molecule has 1 rings (SSSR count). The van der Waals surface area contributed by atoms with Crippen LogP contribution in [0.2, 0.25) is 5.02 Å². The van der Waals surface area contributed by atoms with Gasteiger partial charge >= 0.3 is 5.97 Å². The summed E-state index contributed by atoms with van der Waals surface area (Å²) in [6.07, 6.45) is 1.89. The van der Waals surface area contributed by atoms with Crippen molar-refractivity contribution in [2.75, 3.05) is 0 Å². The molecule has 0 fully saturated rings. The number of aliphatic carboxylic acids is 1. The molecule has 0 saturated carbocycles. The number of pyridine rings is 1. The minimum absolute atomic E-state index is 0.0274. The van der Waals surface area contributed by atoms with Gasteiger partial charge in [-0.15, -0.1) is 0 Å². The first-order valence-corrected chi connectivity index (χ1v) is 4.82. The Morgan fingerprint density at radius 1 is 1.56 bits per heavy atom. The van der Waals surface area contributed by atoms with Gasteiger partial charge in [-0.25, -0.2) is 4.98 Å². The van der Waals surface area contributed by atoms with Crippen molar-refractivity contribution in [2.24, 2.45) is 16.5 Å². The Kier molecular flexibility index (Phi) is 4.07. The fourth-order valence-electron chi connectivity index (χ4n) is 1.06. The number of carboxylic acid groups (broad SMARTS) is 1. The van der Waals surface area contributed by atoms with Gasteiger partial charge in [0.1, 0.15) is 0 Å². The summed E-state index contributed by atoms with van der Waals surface area (Å²) in [7, 11) is 0. The van der Waals surface area contributed by atoms with Crippen molar-refractivity contribution in [3.63, 3.8) is 0 Å². The maximum absolute atomic E-state index is 10.4. The Morgan fingerprint density at radius 2 is 2.25 bits per heavy atom. The number of guanidine groups is 1. The molecule has 0 aliphatic carbocycles. The first-order chi connectivity index (χ1) is 7.49. The summed E-state index contributed by atoms with van der Waals surface area (Å²) in [6, 6.07) is 1.60. The molecule has 0 atom stereocenters. The molecule has 16 heavy (non-hydrogen) atoms. The molecule has 0 aliphatic heterocycles. The zero-order valence-electron chi connectivity index (χ0n) is 8.35. The lowest BCUT2D eigenvalue weighted by atomic mass is 10.1. The van der Waals surface area contributed by atoms with Crippen LogP contribution in [0.5, 0.6) is 0 Å². The number of rotatable bonds is 4. The third-order valence-corrected chi connectivity index (χ3v) is 2.02. The molecule has 6 nitrogen and oxygen atoms in total. The fraction of sp³-hybridized carbons (Fsp3) is 0.222. The summed E-state index contributed by atoms with van der Waals surface area (Å²) in [5.74, 6) is -0.780. The quantitative estimate of drug-likeness (QED) is 0.530. The van der Waals surface area contributed by atoms with Crippen LogP contribution in [0.15, 0.2) is 17.3 Å². The van der Waals surface area contributed by atoms with E-state index in [2.05, 4.69) is 9.98 Å². The smallest absolute Gasteiger partial charge is 0.303 e. The average molecular weight is 243 g/mol. The molecule has 0 spiro atoms. The molecule has 7 heteroatoms. The number of carboxylic acids is 1. The molecular weight excluding hydrogens is 232 g/mol. The predicted octanol–water partition coefficient (Wildman–Crippen LogP) is 0.657. The van der Waals surface area contributed by atoms with E-state index in [9.17, 15) is 4.79 Å². The Balaban J connectivity index is 2.82. The van der Waals surface area contributed by atoms with Gasteiger partial charge < -0.3 is 16.6 Å². The van der Waals surface area contributed by atoms with Crippen LogP contribution in [0, 0.1) is 0 Å². The van der Waals surface area contributed by atoms with Crippen molar-refractivity contribution in [1.29, 1.82) is 0 Å². The second-order valence-corrected chi connectivity index (χ2v) is 3.49. The second-order valence-electron chi connectivity index (χ2n) is 3.08. The lowest BCUT2D eigenvalue weighted by Gasteiger charge is -2.02. The normalized spacial score (nSPS) is 9.81. The lowest BCUT2D eigenvalue weighted by molar-refractivity contribution is -0.136. The fourth-order valence-corrected chi connectivity index (χ4v) is 1.29. The number of hydrogen-bond acceptors (Lipinski definition) is 3. The van der Waals surface area contributed by atoms with E-state index >= 15 is 0 Å². The standard InChI is InChI=1S/C9H11ClN4O2/c10-6-3-5(1-2-7(15)16)4-13-8(6)14-9(11)12/h3-4H,1-2H2,(H,15,16)(H4,11,12,13,14). The summed E-state index contributed by atoms with van der Waals surface area (Å²) in [4.78, 5) is 18.0. The molecule has 1 aromatic rings. The Bertz CT molecular complexity index is 430. The van der Waals surface area contributed by atoms with E-state index in [1.54, 1.807) is 6.07 Å². The maximum atomic E-state index is 10.4. The van der Waals surface area contributed by atoms with E-state index in [4.69, 9.17) is 28.2 Å². The third-order valence-electron chi connectivity index (χ3n) is 1.74. The van der Waals surface area contributed by atoms with Crippen LogP contribution in [0.4, 0.5) is 5.82 Å². The monoisotopic (exact) mass is 242 g/mol. The zero-order chi connectivity index (χ0) is 12.1. The van der Waals surface area contributed by atoms with E-state index in [1.165, 1.54) is 6.20 Å². The minimum atomic E-state index is -0.871. The predicted molar refractivity (Wildman–Crippen MR) is 60.7 cm³/mol. The van der Waals surface area contributed by atoms with E-state index < -0.39 is 5.97 Å². The van der Waals surface area contributed by atoms with Gasteiger partial charge in [-0.3, -0.25) is 4.79 Å². The van der Waals surface area contributed by atoms with Gasteiger partial charge in [0.15, 0.2) is 11.8 Å². The molecule has 5 N–H and O–H groups in total. The molecule has 86 valence electrons. The first kappa shape index (κ1) is 12.3. The molecule has 0 aliphatic rings. The lowest BCUT2D eigenvalue weighted by Crippen LogP contribution is -2.22. The summed E-state index contributed by atoms with van der Waals surface area (Å²) in [5.41, 5.74) is 11.1. The van der Waals surface area contributed by atoms with Gasteiger partial charge in [-0.2, -0.15) is 4.99 Å². The Labute approximate surface area is 96.9 Å². The second kappa shape index (κ2) is 5.32. The van der Waals surface area contributed by atoms with Crippen molar-refractivity contribution >= 4 is 29.3 Å². The zero-order valence-corrected chi connectivity index (χ0v) is 9.11. The summed E-state index contributed by atoms with van der Waals surface area (Å²) in [5, 5.41) is 8.80. The van der Waals surface area contributed by atoms with E-state index in [0.29, 0.717) is 6.42 Å². The first-order valence-electron chi connectivity index (χ1n) is 4.45. The molecular formula is C9H11ClN4O2. The highest BCUT2D eigenvalue weighted by Crippen LogP contribution is 2.23. The van der Waals surface area contributed by atoms with Gasteiger partial charge in [0, 0.05) is 12.6 Å². The molecule has 0 bridgehead atoms. The number of nitrogens with two attached hydrogens (primary N) is 2. The molecule has 0 amide bonds. The molecule has 0 aromatic carbocycles. The molecule has 1 aromatic heterocycles. The van der Waals surface area contributed by atoms with Gasteiger partial charge in [-0.05, 0) is 18.1 Å². The maximum Gasteiger partial charge on any atom is 0.303 e. The van der Waals surface area contributed by atoms with Crippen molar-refractivity contribution in [2.45, 2.75) is 12.8 Å². The van der Waals surface area contributed by atoms with Crippen molar-refractivity contribution < 1.29 is 9.90 Å². The Hall–Kier alpha value is -1.82. The average Bonchev–Trinajstić information content (AvgIpc) is 2.18. The minimum Gasteiger partial charge on any atom is -0.481 e. The topological polar surface area (TPSA) is 115 Å². The van der Waals surface area contributed by atoms with Crippen molar-refractivity contribution in [3.8, 4) is 0 Å². The van der Waals surface area contributed by atoms with Gasteiger partial charge in [0.05, 0.1) is 5.02 Å². The Morgan fingerprint density at radius 3 is 2.75 bits per heavy atom. The van der Waals surface area contributed by atoms with Crippen LogP contribution in [-0.4, -0.2) is 22.0 Å². The summed E-state index contributed by atoms with van der Waals surface area (Å²) < 4.78 is 0. The highest BCUT2D eigenvalue weighted by atomic mass is 35.5. The van der Waals surface area contributed by atoms with Crippen LogP contribution >= 0.6 is 11.6 Å². The van der Waals surface area contributed by atoms with E-state index in [-0.39, 0.29) is 23.2 Å². The number of aliphatic imine (C=N–C) groups is 1. The van der Waals surface area contributed by atoms with Crippen molar-refractivity contribution in [1.82, 2.24) is 4.98 Å². The van der Waals surface area contributed by atoms with Crippen LogP contribution in [0.3, 0.4) is 0 Å². The van der Waals surface area contributed by atoms with Crippen LogP contribution in [-0.2, 0) is 11.2 Å². The number of halogens is 1. The van der Waals surface area contributed by atoms with Crippen LogP contribution in [0.25, 0.3) is 0 Å². The van der Waals surface area contributed by atoms with Crippen LogP contribution in [0.1, 0.15) is 12.0 Å². The number of hydrogen-bond donors (Lipinski definition) is 3. The van der Waals surface area contributed by atoms with E-state index in [0.717, 1.165) is 5.56 Å². The third kappa shape index (κ3) is 3.74. The molecule has 0 radical (unpaired) electrons.